The van der Waals surface area contributed by atoms with Gasteiger partial charge >= 0.3 is 5.76 Å². The molecule has 1 aliphatic rings. The first-order valence-corrected chi connectivity index (χ1v) is 11.4. The number of pyridine rings is 1. The van der Waals surface area contributed by atoms with Gasteiger partial charge in [0.05, 0.1) is 18.1 Å². The number of hydrogen-bond acceptors (Lipinski definition) is 6. The van der Waals surface area contributed by atoms with Crippen LogP contribution in [-0.2, 0) is 17.9 Å². The SMILES string of the molecule is COc1ccc2cc(CNc3ccc4oc(=O)n(CC(=O)N5CCCCC5)c4c3)c(=O)[nH]c2c1. The Morgan fingerprint density at radius 3 is 2.71 bits per heavy atom. The fourth-order valence-electron chi connectivity index (χ4n) is 4.38. The second kappa shape index (κ2) is 9.09. The Kier molecular flexibility index (Phi) is 5.83. The van der Waals surface area contributed by atoms with Gasteiger partial charge in [-0.3, -0.25) is 14.2 Å². The molecule has 3 heterocycles. The third-order valence-electron chi connectivity index (χ3n) is 6.28. The van der Waals surface area contributed by atoms with Crippen LogP contribution in [0.2, 0.25) is 0 Å². The maximum Gasteiger partial charge on any atom is 0.420 e. The van der Waals surface area contributed by atoms with Crippen molar-refractivity contribution in [3.05, 3.63) is 68.9 Å². The van der Waals surface area contributed by atoms with Crippen LogP contribution >= 0.6 is 0 Å². The summed E-state index contributed by atoms with van der Waals surface area (Å²) in [6.07, 6.45) is 3.10. The Balaban J connectivity index is 1.37. The molecule has 34 heavy (non-hydrogen) atoms. The number of rotatable bonds is 6. The molecule has 2 N–H and O–H groups in total. The lowest BCUT2D eigenvalue weighted by molar-refractivity contribution is -0.132. The molecule has 2 aromatic heterocycles. The number of H-pyrrole nitrogens is 1. The van der Waals surface area contributed by atoms with Gasteiger partial charge in [-0.15, -0.1) is 0 Å². The number of aromatic amines is 1. The first-order chi connectivity index (χ1) is 16.5. The van der Waals surface area contributed by atoms with Crippen molar-refractivity contribution in [2.75, 3.05) is 25.5 Å². The predicted octanol–water partition coefficient (Wildman–Crippen LogP) is 3.07. The van der Waals surface area contributed by atoms with Crippen LogP contribution in [0.15, 0.2) is 56.5 Å². The second-order valence-corrected chi connectivity index (χ2v) is 8.51. The zero-order valence-electron chi connectivity index (χ0n) is 18.9. The fraction of sp³-hybridized carbons (Fsp3) is 0.320. The molecule has 9 nitrogen and oxygen atoms in total. The standard InChI is InChI=1S/C25H26N4O5/c1-33-19-7-5-16-11-17(24(31)27-20(16)13-19)14-26-18-6-8-22-21(12-18)29(25(32)34-22)15-23(30)28-9-3-2-4-10-28/h5-8,11-13,26H,2-4,9-10,14-15H2,1H3,(H,27,31). The van der Waals surface area contributed by atoms with Crippen LogP contribution in [0.4, 0.5) is 5.69 Å². The molecule has 4 aromatic rings. The van der Waals surface area contributed by atoms with E-state index in [-0.39, 0.29) is 24.6 Å². The van der Waals surface area contributed by atoms with E-state index in [0.717, 1.165) is 37.7 Å². The van der Waals surface area contributed by atoms with Crippen molar-refractivity contribution in [3.8, 4) is 5.75 Å². The van der Waals surface area contributed by atoms with Gasteiger partial charge in [0.25, 0.3) is 5.56 Å². The van der Waals surface area contributed by atoms with Gasteiger partial charge < -0.3 is 24.4 Å². The number of carbonyl (C=O) groups excluding carboxylic acids is 1. The van der Waals surface area contributed by atoms with Crippen LogP contribution in [-0.4, -0.2) is 40.6 Å². The molecule has 0 atom stereocenters. The van der Waals surface area contributed by atoms with Crippen LogP contribution in [0.1, 0.15) is 24.8 Å². The summed E-state index contributed by atoms with van der Waals surface area (Å²) in [5, 5.41) is 4.13. The largest absolute Gasteiger partial charge is 0.497 e. The highest BCUT2D eigenvalue weighted by Crippen LogP contribution is 2.21. The average Bonchev–Trinajstić information content (AvgIpc) is 3.17. The van der Waals surface area contributed by atoms with E-state index < -0.39 is 5.76 Å². The van der Waals surface area contributed by atoms with Gasteiger partial charge in [-0.2, -0.15) is 0 Å². The summed E-state index contributed by atoms with van der Waals surface area (Å²) in [6.45, 7) is 1.69. The number of benzene rings is 2. The van der Waals surface area contributed by atoms with E-state index in [2.05, 4.69) is 10.3 Å². The Morgan fingerprint density at radius 2 is 1.91 bits per heavy atom. The number of hydrogen-bond donors (Lipinski definition) is 2. The Bertz CT molecular complexity index is 1480. The molecule has 0 unspecified atom stereocenters. The molecule has 0 spiro atoms. The van der Waals surface area contributed by atoms with Gasteiger partial charge in [0.2, 0.25) is 5.91 Å². The molecule has 0 aliphatic carbocycles. The van der Waals surface area contributed by atoms with Gasteiger partial charge in [-0.1, -0.05) is 0 Å². The molecule has 2 aromatic carbocycles. The average molecular weight is 463 g/mol. The summed E-state index contributed by atoms with van der Waals surface area (Å²) in [4.78, 5) is 42.4. The third-order valence-corrected chi connectivity index (χ3v) is 6.28. The number of ether oxygens (including phenoxy) is 1. The second-order valence-electron chi connectivity index (χ2n) is 8.51. The lowest BCUT2D eigenvalue weighted by atomic mass is 10.1. The first kappa shape index (κ1) is 21.8. The number of carbonyl (C=O) groups is 1. The predicted molar refractivity (Wildman–Crippen MR) is 129 cm³/mol. The highest BCUT2D eigenvalue weighted by atomic mass is 16.5. The molecule has 5 rings (SSSR count). The van der Waals surface area contributed by atoms with Gasteiger partial charge in [0.1, 0.15) is 12.3 Å². The van der Waals surface area contributed by atoms with Crippen molar-refractivity contribution in [2.24, 2.45) is 0 Å². The first-order valence-electron chi connectivity index (χ1n) is 11.4. The Labute approximate surface area is 194 Å². The van der Waals surface area contributed by atoms with Crippen LogP contribution < -0.4 is 21.4 Å². The minimum absolute atomic E-state index is 0.0525. The van der Waals surface area contributed by atoms with Crippen LogP contribution in [0.5, 0.6) is 5.75 Å². The zero-order valence-corrected chi connectivity index (χ0v) is 18.9. The monoisotopic (exact) mass is 462 g/mol. The summed E-state index contributed by atoms with van der Waals surface area (Å²) in [6, 6.07) is 12.6. The van der Waals surface area contributed by atoms with Crippen LogP contribution in [0, 0.1) is 0 Å². The minimum Gasteiger partial charge on any atom is -0.497 e. The molecule has 0 saturated carbocycles. The molecule has 0 bridgehead atoms. The maximum absolute atomic E-state index is 12.7. The molecule has 1 fully saturated rings. The van der Waals surface area contributed by atoms with Crippen molar-refractivity contribution in [1.29, 1.82) is 0 Å². The number of piperidine rings is 1. The van der Waals surface area contributed by atoms with E-state index in [0.29, 0.717) is 33.6 Å². The van der Waals surface area contributed by atoms with E-state index in [1.165, 1.54) is 4.57 Å². The molecule has 0 radical (unpaired) electrons. The lowest BCUT2D eigenvalue weighted by Crippen LogP contribution is -2.39. The number of methoxy groups -OCH3 is 1. The fourth-order valence-corrected chi connectivity index (χ4v) is 4.38. The summed E-state index contributed by atoms with van der Waals surface area (Å²) >= 11 is 0. The lowest BCUT2D eigenvalue weighted by Gasteiger charge is -2.26. The summed E-state index contributed by atoms with van der Waals surface area (Å²) in [5.41, 5.74) is 2.75. The van der Waals surface area contributed by atoms with Crippen molar-refractivity contribution in [3.63, 3.8) is 0 Å². The smallest absolute Gasteiger partial charge is 0.420 e. The quantitative estimate of drug-likeness (QED) is 0.456. The van der Waals surface area contributed by atoms with E-state index >= 15 is 0 Å². The number of oxazole rings is 1. The van der Waals surface area contributed by atoms with Gasteiger partial charge in [-0.05, 0) is 61.0 Å². The van der Waals surface area contributed by atoms with Crippen LogP contribution in [0.3, 0.4) is 0 Å². The number of nitrogens with one attached hydrogen (secondary N) is 2. The molecule has 1 aliphatic heterocycles. The molecule has 1 amide bonds. The van der Waals surface area contributed by atoms with Gasteiger partial charge in [0, 0.05) is 37.0 Å². The highest BCUT2D eigenvalue weighted by molar-refractivity contribution is 5.82. The number of fused-ring (bicyclic) bond motifs is 2. The zero-order chi connectivity index (χ0) is 23.7. The summed E-state index contributed by atoms with van der Waals surface area (Å²) in [5.74, 6) is 0.0355. The van der Waals surface area contributed by atoms with E-state index in [1.807, 2.05) is 18.2 Å². The van der Waals surface area contributed by atoms with E-state index in [9.17, 15) is 14.4 Å². The molecule has 176 valence electrons. The number of likely N-dealkylation sites (tertiary alicyclic amines) is 1. The highest BCUT2D eigenvalue weighted by Gasteiger charge is 2.20. The summed E-state index contributed by atoms with van der Waals surface area (Å²) < 4.78 is 11.9. The van der Waals surface area contributed by atoms with E-state index in [4.69, 9.17) is 9.15 Å². The molecular weight excluding hydrogens is 436 g/mol. The number of amides is 1. The van der Waals surface area contributed by atoms with Crippen molar-refractivity contribution < 1.29 is 13.9 Å². The number of anilines is 1. The van der Waals surface area contributed by atoms with Crippen molar-refractivity contribution >= 4 is 33.6 Å². The number of nitrogens with zero attached hydrogens (tertiary/aromatic N) is 2. The third kappa shape index (κ3) is 4.28. The van der Waals surface area contributed by atoms with Gasteiger partial charge in [-0.25, -0.2) is 4.79 Å². The topological polar surface area (TPSA) is 110 Å². The summed E-state index contributed by atoms with van der Waals surface area (Å²) in [7, 11) is 1.58. The van der Waals surface area contributed by atoms with Crippen molar-refractivity contribution in [2.45, 2.75) is 32.4 Å². The molecule has 9 heteroatoms. The Morgan fingerprint density at radius 1 is 1.09 bits per heavy atom. The Hall–Kier alpha value is -4.01. The maximum atomic E-state index is 12.7. The number of aromatic nitrogens is 2. The molecular formula is C25H26N4O5. The van der Waals surface area contributed by atoms with Crippen molar-refractivity contribution in [1.82, 2.24) is 14.5 Å². The normalized spacial score (nSPS) is 14.0. The van der Waals surface area contributed by atoms with E-state index in [1.54, 1.807) is 36.3 Å². The molecule has 1 saturated heterocycles. The minimum atomic E-state index is -0.557. The van der Waals surface area contributed by atoms with Crippen LogP contribution in [0.25, 0.3) is 22.0 Å². The van der Waals surface area contributed by atoms with Gasteiger partial charge in [0.15, 0.2) is 5.58 Å².